The molecule has 0 aliphatic carbocycles. The quantitative estimate of drug-likeness (QED) is 0.832. The van der Waals surface area contributed by atoms with E-state index >= 15 is 0 Å². The van der Waals surface area contributed by atoms with Crippen LogP contribution in [-0.4, -0.2) is 49.1 Å². The zero-order chi connectivity index (χ0) is 14.6. The number of hydrogen-bond donors (Lipinski definition) is 1. The van der Waals surface area contributed by atoms with Crippen molar-refractivity contribution in [2.45, 2.75) is 32.2 Å². The molecule has 2 rings (SSSR count). The van der Waals surface area contributed by atoms with Gasteiger partial charge in [-0.25, -0.2) is 4.98 Å². The van der Waals surface area contributed by atoms with Crippen molar-refractivity contribution in [3.8, 4) is 0 Å². The van der Waals surface area contributed by atoms with Gasteiger partial charge in [0.2, 0.25) is 0 Å². The lowest BCUT2D eigenvalue weighted by Crippen LogP contribution is -2.51. The van der Waals surface area contributed by atoms with Crippen LogP contribution < -0.4 is 5.32 Å². The minimum absolute atomic E-state index is 0.0454. The number of hydrogen-bond acceptors (Lipinski definition) is 6. The van der Waals surface area contributed by atoms with Crippen molar-refractivity contribution >= 4 is 17.3 Å². The molecule has 0 saturated carbocycles. The number of esters is 1. The Hall–Kier alpha value is -0.980. The van der Waals surface area contributed by atoms with Gasteiger partial charge in [0.15, 0.2) is 0 Å². The Kier molecular flexibility index (Phi) is 5.12. The smallest absolute Gasteiger partial charge is 0.305 e. The molecule has 1 saturated heterocycles. The molecule has 1 aromatic rings. The largest absolute Gasteiger partial charge is 0.469 e. The van der Waals surface area contributed by atoms with E-state index in [2.05, 4.69) is 34.2 Å². The third kappa shape index (κ3) is 3.56. The van der Waals surface area contributed by atoms with Crippen LogP contribution >= 0.6 is 11.3 Å². The predicted octanol–water partition coefficient (Wildman–Crippen LogP) is 1.39. The molecule has 0 amide bonds. The van der Waals surface area contributed by atoms with Crippen LogP contribution in [0.5, 0.6) is 0 Å². The number of methoxy groups -OCH3 is 1. The fraction of sp³-hybridized carbons (Fsp3) is 0.714. The minimum atomic E-state index is -0.180. The zero-order valence-corrected chi connectivity index (χ0v) is 13.3. The summed E-state index contributed by atoms with van der Waals surface area (Å²) in [4.78, 5) is 18.4. The molecule has 1 N–H and O–H groups in total. The van der Waals surface area contributed by atoms with Gasteiger partial charge in [-0.3, -0.25) is 9.69 Å². The van der Waals surface area contributed by atoms with Gasteiger partial charge in [-0.15, -0.1) is 11.3 Å². The average Bonchev–Trinajstić information content (AvgIpc) is 2.95. The Balaban J connectivity index is 2.01. The van der Waals surface area contributed by atoms with Crippen LogP contribution in [0.2, 0.25) is 0 Å². The minimum Gasteiger partial charge on any atom is -0.469 e. The standard InChI is InChI=1S/C14H23N3O2S/c1-14(2,17-8-6-15-7-9-17)13-16-11(10-20-13)4-5-12(18)19-3/h10,15H,4-9H2,1-3H3. The lowest BCUT2D eigenvalue weighted by molar-refractivity contribution is -0.140. The number of piperazine rings is 1. The lowest BCUT2D eigenvalue weighted by atomic mass is 10.0. The topological polar surface area (TPSA) is 54.5 Å². The van der Waals surface area contributed by atoms with Crippen molar-refractivity contribution in [1.29, 1.82) is 0 Å². The molecule has 112 valence electrons. The van der Waals surface area contributed by atoms with Crippen LogP contribution in [0.1, 0.15) is 31.0 Å². The summed E-state index contributed by atoms with van der Waals surface area (Å²) < 4.78 is 4.66. The monoisotopic (exact) mass is 297 g/mol. The van der Waals surface area contributed by atoms with Gasteiger partial charge in [-0.1, -0.05) is 0 Å². The maximum atomic E-state index is 11.2. The number of carbonyl (C=O) groups is 1. The number of rotatable bonds is 5. The first kappa shape index (κ1) is 15.4. The summed E-state index contributed by atoms with van der Waals surface area (Å²) >= 11 is 1.68. The summed E-state index contributed by atoms with van der Waals surface area (Å²) in [5.74, 6) is -0.180. The van der Waals surface area contributed by atoms with E-state index in [1.165, 1.54) is 7.11 Å². The molecular weight excluding hydrogens is 274 g/mol. The summed E-state index contributed by atoms with van der Waals surface area (Å²) in [5.41, 5.74) is 0.939. The van der Waals surface area contributed by atoms with Crippen LogP contribution in [0.15, 0.2) is 5.38 Å². The summed E-state index contributed by atoms with van der Waals surface area (Å²) in [6, 6.07) is 0. The third-order valence-electron chi connectivity index (χ3n) is 3.80. The van der Waals surface area contributed by atoms with Crippen molar-refractivity contribution in [1.82, 2.24) is 15.2 Å². The Morgan fingerprint density at radius 2 is 2.20 bits per heavy atom. The van der Waals surface area contributed by atoms with Crippen molar-refractivity contribution < 1.29 is 9.53 Å². The normalized spacial score (nSPS) is 17.1. The first-order valence-corrected chi connectivity index (χ1v) is 7.89. The van der Waals surface area contributed by atoms with Gasteiger partial charge in [-0.2, -0.15) is 0 Å². The maximum absolute atomic E-state index is 11.2. The average molecular weight is 297 g/mol. The Labute approximate surface area is 124 Å². The van der Waals surface area contributed by atoms with E-state index in [1.54, 1.807) is 11.3 Å². The molecule has 5 nitrogen and oxygen atoms in total. The molecule has 2 heterocycles. The Morgan fingerprint density at radius 1 is 1.50 bits per heavy atom. The number of nitrogens with zero attached hydrogens (tertiary/aromatic N) is 2. The second-order valence-corrected chi connectivity index (χ2v) is 6.37. The van der Waals surface area contributed by atoms with Crippen LogP contribution in [0.4, 0.5) is 0 Å². The van der Waals surface area contributed by atoms with Crippen LogP contribution in [0, 0.1) is 0 Å². The molecule has 0 spiro atoms. The molecule has 6 heteroatoms. The molecule has 0 unspecified atom stereocenters. The summed E-state index contributed by atoms with van der Waals surface area (Å²) in [6.45, 7) is 8.60. The fourth-order valence-electron chi connectivity index (χ4n) is 2.39. The van der Waals surface area contributed by atoms with Crippen LogP contribution in [-0.2, 0) is 21.5 Å². The van der Waals surface area contributed by atoms with Gasteiger partial charge in [-0.05, 0) is 13.8 Å². The molecule has 1 aromatic heterocycles. The first-order chi connectivity index (χ1) is 9.54. The van der Waals surface area contributed by atoms with E-state index in [4.69, 9.17) is 4.98 Å². The molecule has 0 bridgehead atoms. The highest BCUT2D eigenvalue weighted by molar-refractivity contribution is 7.09. The Morgan fingerprint density at radius 3 is 2.85 bits per heavy atom. The van der Waals surface area contributed by atoms with E-state index in [0.29, 0.717) is 12.8 Å². The third-order valence-corrected chi connectivity index (χ3v) is 5.00. The summed E-state index contributed by atoms with van der Waals surface area (Å²) in [6.07, 6.45) is 1.05. The molecule has 0 radical (unpaired) electrons. The number of thiazole rings is 1. The number of ether oxygens (including phenoxy) is 1. The van der Waals surface area contributed by atoms with Crippen molar-refractivity contribution in [2.24, 2.45) is 0 Å². The second-order valence-electron chi connectivity index (χ2n) is 5.52. The zero-order valence-electron chi connectivity index (χ0n) is 12.4. The van der Waals surface area contributed by atoms with E-state index in [0.717, 1.165) is 36.9 Å². The van der Waals surface area contributed by atoms with Gasteiger partial charge in [0.25, 0.3) is 0 Å². The fourth-order valence-corrected chi connectivity index (χ4v) is 3.40. The predicted molar refractivity (Wildman–Crippen MR) is 79.9 cm³/mol. The van der Waals surface area contributed by atoms with Crippen LogP contribution in [0.25, 0.3) is 0 Å². The molecule has 0 atom stereocenters. The van der Waals surface area contributed by atoms with E-state index in [9.17, 15) is 4.79 Å². The second kappa shape index (κ2) is 6.65. The van der Waals surface area contributed by atoms with Crippen molar-refractivity contribution in [3.63, 3.8) is 0 Å². The van der Waals surface area contributed by atoms with Gasteiger partial charge in [0, 0.05) is 38.0 Å². The molecule has 1 fully saturated rings. The van der Waals surface area contributed by atoms with E-state index < -0.39 is 0 Å². The SMILES string of the molecule is COC(=O)CCc1csc(C(C)(C)N2CCNCC2)n1. The van der Waals surface area contributed by atoms with Crippen LogP contribution in [0.3, 0.4) is 0 Å². The number of aryl methyl sites for hydroxylation is 1. The lowest BCUT2D eigenvalue weighted by Gasteiger charge is -2.39. The number of aromatic nitrogens is 1. The maximum Gasteiger partial charge on any atom is 0.305 e. The highest BCUT2D eigenvalue weighted by Gasteiger charge is 2.32. The number of carbonyl (C=O) groups excluding carboxylic acids is 1. The van der Waals surface area contributed by atoms with E-state index in [1.807, 2.05) is 0 Å². The Bertz CT molecular complexity index is 453. The molecule has 1 aliphatic heterocycles. The van der Waals surface area contributed by atoms with Gasteiger partial charge < -0.3 is 10.1 Å². The highest BCUT2D eigenvalue weighted by Crippen LogP contribution is 2.30. The molecule has 1 aliphatic rings. The molecular formula is C14H23N3O2S. The van der Waals surface area contributed by atoms with Crippen molar-refractivity contribution in [2.75, 3.05) is 33.3 Å². The van der Waals surface area contributed by atoms with Gasteiger partial charge in [0.05, 0.1) is 24.8 Å². The van der Waals surface area contributed by atoms with Gasteiger partial charge >= 0.3 is 5.97 Å². The van der Waals surface area contributed by atoms with E-state index in [-0.39, 0.29) is 11.5 Å². The van der Waals surface area contributed by atoms with Crippen molar-refractivity contribution in [3.05, 3.63) is 16.1 Å². The highest BCUT2D eigenvalue weighted by atomic mass is 32.1. The first-order valence-electron chi connectivity index (χ1n) is 7.01. The molecule has 0 aromatic carbocycles. The molecule has 20 heavy (non-hydrogen) atoms. The van der Waals surface area contributed by atoms with Gasteiger partial charge in [0.1, 0.15) is 5.01 Å². The summed E-state index contributed by atoms with van der Waals surface area (Å²) in [5, 5.41) is 6.55. The number of nitrogens with one attached hydrogen (secondary N) is 1. The summed E-state index contributed by atoms with van der Waals surface area (Å²) in [7, 11) is 1.42.